The van der Waals surface area contributed by atoms with Crippen molar-refractivity contribution in [1.29, 1.82) is 0 Å². The molecule has 3 heterocycles. The number of imidazole rings is 1. The van der Waals surface area contributed by atoms with Crippen molar-refractivity contribution in [2.24, 2.45) is 0 Å². The summed E-state index contributed by atoms with van der Waals surface area (Å²) < 4.78 is 2.06. The molecular weight excluding hydrogens is 653 g/mol. The van der Waals surface area contributed by atoms with Crippen LogP contribution in [0.4, 0.5) is 17.3 Å². The van der Waals surface area contributed by atoms with Crippen molar-refractivity contribution in [3.8, 4) is 11.3 Å². The predicted molar refractivity (Wildman–Crippen MR) is 202 cm³/mol. The lowest BCUT2D eigenvalue weighted by atomic mass is 9.88. The zero-order valence-corrected chi connectivity index (χ0v) is 29.3. The molecule has 1 fully saturated rings. The molecule has 2 unspecified atom stereocenters. The van der Waals surface area contributed by atoms with Crippen LogP contribution in [0.1, 0.15) is 71.4 Å². The standard InChI is InChI=1S/C41H42N8O3/c1-26-15-17-31(24-33(26)48-41-44-21-19-32(47-41)30-14-9-20-43-25-30)45-40(52)37(50)36(22-27-10-5-3-6-11-27)49-35-18-16-29(39(51)42-2)23-34(35)46-38(49)28-12-7-4-8-13-28/h3,5-6,9-11,14-21,23-25,28,36-37,50H,4,7-8,12-13,22H2,1-2H3,(H,42,51)(H,45,52)(H,44,47,48). The number of pyridine rings is 1. The molecule has 1 aliphatic rings. The number of benzene rings is 3. The number of rotatable bonds is 11. The molecule has 3 aromatic carbocycles. The summed E-state index contributed by atoms with van der Waals surface area (Å²) in [5.74, 6) is 0.673. The third-order valence-corrected chi connectivity index (χ3v) is 9.79. The SMILES string of the molecule is CNC(=O)c1ccc2c(c1)nc(C1CCCCC1)n2C(Cc1ccccc1)C(O)C(=O)Nc1ccc(C)c(Nc2nccc(-c3cccnc3)n2)c1. The number of nitrogens with zero attached hydrogens (tertiary/aromatic N) is 5. The second-order valence-corrected chi connectivity index (χ2v) is 13.3. The largest absolute Gasteiger partial charge is 0.381 e. The highest BCUT2D eigenvalue weighted by atomic mass is 16.3. The summed E-state index contributed by atoms with van der Waals surface area (Å²) in [6.07, 6.45) is 9.40. The van der Waals surface area contributed by atoms with Gasteiger partial charge in [0.1, 0.15) is 5.82 Å². The number of carbonyl (C=O) groups excluding carboxylic acids is 2. The Bertz CT molecular complexity index is 2180. The maximum Gasteiger partial charge on any atom is 0.255 e. The van der Waals surface area contributed by atoms with Gasteiger partial charge in [0.05, 0.1) is 22.8 Å². The first-order chi connectivity index (χ1) is 25.4. The van der Waals surface area contributed by atoms with Crippen molar-refractivity contribution < 1.29 is 14.7 Å². The Labute approximate surface area is 302 Å². The van der Waals surface area contributed by atoms with E-state index in [2.05, 4.69) is 35.5 Å². The minimum absolute atomic E-state index is 0.169. The number of aliphatic hydroxyl groups excluding tert-OH is 1. The predicted octanol–water partition coefficient (Wildman–Crippen LogP) is 7.13. The van der Waals surface area contributed by atoms with Crippen LogP contribution in [0, 0.1) is 6.92 Å². The molecule has 1 aliphatic carbocycles. The van der Waals surface area contributed by atoms with Gasteiger partial charge in [-0.1, -0.05) is 55.7 Å². The summed E-state index contributed by atoms with van der Waals surface area (Å²) in [5.41, 5.74) is 6.67. The second kappa shape index (κ2) is 15.5. The lowest BCUT2D eigenvalue weighted by Gasteiger charge is -2.30. The van der Waals surface area contributed by atoms with Gasteiger partial charge in [-0.25, -0.2) is 15.0 Å². The van der Waals surface area contributed by atoms with Gasteiger partial charge in [0.2, 0.25) is 5.95 Å². The van der Waals surface area contributed by atoms with E-state index in [1.807, 2.05) is 79.7 Å². The first kappa shape index (κ1) is 34.5. The normalized spacial score (nSPS) is 14.4. The number of nitrogens with one attached hydrogen (secondary N) is 3. The monoisotopic (exact) mass is 694 g/mol. The molecule has 0 spiro atoms. The summed E-state index contributed by atoms with van der Waals surface area (Å²) in [6.45, 7) is 1.95. The second-order valence-electron chi connectivity index (χ2n) is 13.3. The molecule has 52 heavy (non-hydrogen) atoms. The van der Waals surface area contributed by atoms with Gasteiger partial charge in [-0.05, 0) is 85.8 Å². The minimum Gasteiger partial charge on any atom is -0.381 e. The number of aryl methyl sites for hydroxylation is 1. The van der Waals surface area contributed by atoms with E-state index in [4.69, 9.17) is 4.98 Å². The molecule has 11 nitrogen and oxygen atoms in total. The summed E-state index contributed by atoms with van der Waals surface area (Å²) in [7, 11) is 1.60. The number of fused-ring (bicyclic) bond motifs is 1. The van der Waals surface area contributed by atoms with E-state index in [-0.39, 0.29) is 11.8 Å². The Kier molecular flexibility index (Phi) is 10.3. The molecular formula is C41H42N8O3. The number of hydrogen-bond acceptors (Lipinski definition) is 8. The number of hydrogen-bond donors (Lipinski definition) is 4. The fraction of sp³-hybridized carbons (Fsp3) is 0.268. The Morgan fingerprint density at radius 2 is 1.75 bits per heavy atom. The van der Waals surface area contributed by atoms with Crippen LogP contribution in [-0.4, -0.2) is 54.6 Å². The molecule has 2 amide bonds. The Morgan fingerprint density at radius 3 is 2.52 bits per heavy atom. The molecule has 3 aromatic heterocycles. The smallest absolute Gasteiger partial charge is 0.255 e. The first-order valence-electron chi connectivity index (χ1n) is 17.8. The first-order valence-corrected chi connectivity index (χ1v) is 17.8. The highest BCUT2D eigenvalue weighted by Gasteiger charge is 2.34. The van der Waals surface area contributed by atoms with Crippen LogP contribution in [0.3, 0.4) is 0 Å². The van der Waals surface area contributed by atoms with Crippen LogP contribution in [0.25, 0.3) is 22.3 Å². The van der Waals surface area contributed by atoms with Crippen molar-refractivity contribution in [1.82, 2.24) is 29.8 Å². The maximum absolute atomic E-state index is 14.1. The number of anilines is 3. The molecule has 0 radical (unpaired) electrons. The van der Waals surface area contributed by atoms with Crippen LogP contribution >= 0.6 is 0 Å². The number of aromatic nitrogens is 5. The van der Waals surface area contributed by atoms with Gasteiger partial charge in [-0.2, -0.15) is 0 Å². The molecule has 2 atom stereocenters. The van der Waals surface area contributed by atoms with E-state index < -0.39 is 18.1 Å². The molecule has 4 N–H and O–H groups in total. The van der Waals surface area contributed by atoms with Gasteiger partial charge in [-0.15, -0.1) is 0 Å². The highest BCUT2D eigenvalue weighted by molar-refractivity contribution is 5.98. The lowest BCUT2D eigenvalue weighted by molar-refractivity contribution is -0.126. The molecule has 264 valence electrons. The lowest BCUT2D eigenvalue weighted by Crippen LogP contribution is -2.38. The van der Waals surface area contributed by atoms with Gasteiger partial charge in [0.15, 0.2) is 6.10 Å². The van der Waals surface area contributed by atoms with Crippen LogP contribution in [-0.2, 0) is 11.2 Å². The van der Waals surface area contributed by atoms with Crippen molar-refractivity contribution in [3.63, 3.8) is 0 Å². The van der Waals surface area contributed by atoms with Crippen LogP contribution in [0.2, 0.25) is 0 Å². The summed E-state index contributed by atoms with van der Waals surface area (Å²) >= 11 is 0. The number of aliphatic hydroxyl groups is 1. The Hall–Kier alpha value is -5.94. The van der Waals surface area contributed by atoms with Crippen LogP contribution in [0.5, 0.6) is 0 Å². The molecule has 0 saturated heterocycles. The van der Waals surface area contributed by atoms with Crippen molar-refractivity contribution in [2.75, 3.05) is 17.7 Å². The molecule has 0 aliphatic heterocycles. The third kappa shape index (κ3) is 7.54. The van der Waals surface area contributed by atoms with E-state index in [0.29, 0.717) is 34.8 Å². The third-order valence-electron chi connectivity index (χ3n) is 9.79. The average Bonchev–Trinajstić information content (AvgIpc) is 3.57. The van der Waals surface area contributed by atoms with E-state index in [9.17, 15) is 14.7 Å². The van der Waals surface area contributed by atoms with E-state index in [1.165, 1.54) is 6.42 Å². The summed E-state index contributed by atoms with van der Waals surface area (Å²) in [5, 5.41) is 21.0. The minimum atomic E-state index is -1.43. The Morgan fingerprint density at radius 1 is 0.923 bits per heavy atom. The summed E-state index contributed by atoms with van der Waals surface area (Å²) in [6, 6.07) is 25.8. The number of amides is 2. The average molecular weight is 695 g/mol. The zero-order valence-electron chi connectivity index (χ0n) is 29.3. The van der Waals surface area contributed by atoms with E-state index in [0.717, 1.165) is 59.4 Å². The molecule has 7 rings (SSSR count). The van der Waals surface area contributed by atoms with Crippen molar-refractivity contribution >= 4 is 40.2 Å². The van der Waals surface area contributed by atoms with Crippen LogP contribution < -0.4 is 16.0 Å². The van der Waals surface area contributed by atoms with Crippen molar-refractivity contribution in [2.45, 2.75) is 63.5 Å². The molecule has 0 bridgehead atoms. The zero-order chi connectivity index (χ0) is 36.0. The van der Waals surface area contributed by atoms with Gasteiger partial charge in [0, 0.05) is 54.1 Å². The number of carbonyl (C=O) groups is 2. The molecule has 11 heteroatoms. The van der Waals surface area contributed by atoms with Gasteiger partial charge < -0.3 is 25.6 Å². The topological polar surface area (TPSA) is 147 Å². The van der Waals surface area contributed by atoms with Crippen LogP contribution in [0.15, 0.2) is 104 Å². The van der Waals surface area contributed by atoms with Gasteiger partial charge in [-0.3, -0.25) is 14.6 Å². The van der Waals surface area contributed by atoms with Crippen molar-refractivity contribution in [3.05, 3.63) is 126 Å². The highest BCUT2D eigenvalue weighted by Crippen LogP contribution is 2.38. The maximum atomic E-state index is 14.1. The van der Waals surface area contributed by atoms with E-state index >= 15 is 0 Å². The molecule has 6 aromatic rings. The Balaban J connectivity index is 1.21. The van der Waals surface area contributed by atoms with E-state index in [1.54, 1.807) is 37.8 Å². The van der Waals surface area contributed by atoms with Gasteiger partial charge >= 0.3 is 0 Å². The quantitative estimate of drug-likeness (QED) is 0.112. The fourth-order valence-electron chi connectivity index (χ4n) is 7.04. The summed E-state index contributed by atoms with van der Waals surface area (Å²) in [4.78, 5) is 45.0. The fourth-order valence-corrected chi connectivity index (χ4v) is 7.04. The van der Waals surface area contributed by atoms with Gasteiger partial charge in [0.25, 0.3) is 11.8 Å². The molecule has 1 saturated carbocycles.